The van der Waals surface area contributed by atoms with Crippen LogP contribution in [0.15, 0.2) is 29.2 Å². The molecule has 0 radical (unpaired) electrons. The van der Waals surface area contributed by atoms with E-state index in [1.54, 1.807) is 17.7 Å². The molecule has 3 nitrogen and oxygen atoms in total. The SMILES string of the molecule is c1nc(N2CCc3sccc3C2)c2ccsc2n1. The van der Waals surface area contributed by atoms with Gasteiger partial charge in [0.25, 0.3) is 0 Å². The summed E-state index contributed by atoms with van der Waals surface area (Å²) in [5.41, 5.74) is 1.45. The molecule has 4 heterocycles. The highest BCUT2D eigenvalue weighted by atomic mass is 32.1. The molecule has 0 atom stereocenters. The Bertz CT molecular complexity index is 701. The number of aromatic nitrogens is 2. The highest BCUT2D eigenvalue weighted by molar-refractivity contribution is 7.16. The lowest BCUT2D eigenvalue weighted by Crippen LogP contribution is -2.30. The van der Waals surface area contributed by atoms with E-state index in [0.29, 0.717) is 0 Å². The lowest BCUT2D eigenvalue weighted by molar-refractivity contribution is 0.734. The van der Waals surface area contributed by atoms with Crippen molar-refractivity contribution in [3.05, 3.63) is 39.7 Å². The maximum atomic E-state index is 4.48. The molecule has 0 amide bonds. The zero-order valence-corrected chi connectivity index (χ0v) is 11.3. The van der Waals surface area contributed by atoms with Crippen LogP contribution in [0.5, 0.6) is 0 Å². The molecule has 1 aliphatic heterocycles. The Morgan fingerprint density at radius 3 is 3.06 bits per heavy atom. The second-order valence-corrected chi connectivity index (χ2v) is 6.27. The van der Waals surface area contributed by atoms with Gasteiger partial charge in [0.1, 0.15) is 17.0 Å². The van der Waals surface area contributed by atoms with E-state index in [2.05, 4.69) is 37.8 Å². The molecule has 0 bridgehead atoms. The highest BCUT2D eigenvalue weighted by Gasteiger charge is 2.20. The molecular formula is C13H11N3S2. The van der Waals surface area contributed by atoms with Crippen LogP contribution in [-0.4, -0.2) is 16.5 Å². The Balaban J connectivity index is 1.78. The van der Waals surface area contributed by atoms with Gasteiger partial charge in [-0.25, -0.2) is 9.97 Å². The second kappa shape index (κ2) is 4.03. The van der Waals surface area contributed by atoms with Crippen LogP contribution >= 0.6 is 22.7 Å². The molecular weight excluding hydrogens is 262 g/mol. The minimum atomic E-state index is 0.973. The van der Waals surface area contributed by atoms with E-state index in [1.165, 1.54) is 15.8 Å². The molecule has 3 aromatic rings. The molecule has 0 saturated carbocycles. The molecule has 0 aliphatic carbocycles. The molecule has 1 aliphatic rings. The van der Waals surface area contributed by atoms with Crippen molar-refractivity contribution < 1.29 is 0 Å². The minimum absolute atomic E-state index is 0.973. The van der Waals surface area contributed by atoms with E-state index < -0.39 is 0 Å². The normalized spacial score (nSPS) is 15.0. The van der Waals surface area contributed by atoms with Crippen LogP contribution in [0.25, 0.3) is 10.2 Å². The first-order valence-corrected chi connectivity index (χ1v) is 7.66. The average Bonchev–Trinajstić information content (AvgIpc) is 3.05. The third kappa shape index (κ3) is 1.54. The number of fused-ring (bicyclic) bond motifs is 2. The summed E-state index contributed by atoms with van der Waals surface area (Å²) >= 11 is 3.55. The van der Waals surface area contributed by atoms with Crippen molar-refractivity contribution in [1.29, 1.82) is 0 Å². The Kier molecular flexibility index (Phi) is 2.34. The standard InChI is InChI=1S/C13H11N3S2/c1-4-16(7-9-2-5-17-11(1)9)12-10-3-6-18-13(10)15-8-14-12/h2-3,5-6,8H,1,4,7H2. The summed E-state index contributed by atoms with van der Waals surface area (Å²) in [5.74, 6) is 1.08. The number of nitrogens with zero attached hydrogens (tertiary/aromatic N) is 3. The van der Waals surface area contributed by atoms with Crippen molar-refractivity contribution in [2.45, 2.75) is 13.0 Å². The molecule has 0 fully saturated rings. The van der Waals surface area contributed by atoms with Crippen LogP contribution in [0.1, 0.15) is 10.4 Å². The van der Waals surface area contributed by atoms with Crippen molar-refractivity contribution in [1.82, 2.24) is 9.97 Å². The second-order valence-electron chi connectivity index (χ2n) is 4.38. The summed E-state index contributed by atoms with van der Waals surface area (Å²) in [6.45, 7) is 2.02. The Morgan fingerprint density at radius 1 is 1.11 bits per heavy atom. The molecule has 0 saturated heterocycles. The monoisotopic (exact) mass is 273 g/mol. The van der Waals surface area contributed by atoms with Gasteiger partial charge in [0, 0.05) is 18.0 Å². The van der Waals surface area contributed by atoms with E-state index in [0.717, 1.165) is 30.2 Å². The molecule has 18 heavy (non-hydrogen) atoms. The van der Waals surface area contributed by atoms with E-state index in [9.17, 15) is 0 Å². The topological polar surface area (TPSA) is 29.0 Å². The number of anilines is 1. The van der Waals surface area contributed by atoms with E-state index in [1.807, 2.05) is 11.3 Å². The minimum Gasteiger partial charge on any atom is -0.351 e. The number of hydrogen-bond acceptors (Lipinski definition) is 5. The summed E-state index contributed by atoms with van der Waals surface area (Å²) in [7, 11) is 0. The van der Waals surface area contributed by atoms with Gasteiger partial charge >= 0.3 is 0 Å². The van der Waals surface area contributed by atoms with Crippen molar-refractivity contribution in [2.75, 3.05) is 11.4 Å². The van der Waals surface area contributed by atoms with E-state index >= 15 is 0 Å². The number of thiophene rings is 2. The maximum Gasteiger partial charge on any atom is 0.141 e. The summed E-state index contributed by atoms with van der Waals surface area (Å²) in [6, 6.07) is 4.36. The molecule has 0 aromatic carbocycles. The summed E-state index contributed by atoms with van der Waals surface area (Å²) in [6.07, 6.45) is 2.81. The predicted molar refractivity (Wildman–Crippen MR) is 76.5 cm³/mol. The van der Waals surface area contributed by atoms with Crippen molar-refractivity contribution in [2.24, 2.45) is 0 Å². The molecule has 4 rings (SSSR count). The van der Waals surface area contributed by atoms with Crippen molar-refractivity contribution in [3.63, 3.8) is 0 Å². The maximum absolute atomic E-state index is 4.48. The first-order valence-electron chi connectivity index (χ1n) is 5.90. The average molecular weight is 273 g/mol. The molecule has 5 heteroatoms. The van der Waals surface area contributed by atoms with Gasteiger partial charge in [-0.15, -0.1) is 22.7 Å². The zero-order valence-electron chi connectivity index (χ0n) is 9.67. The van der Waals surface area contributed by atoms with Crippen LogP contribution in [0.4, 0.5) is 5.82 Å². The van der Waals surface area contributed by atoms with Gasteiger partial charge < -0.3 is 4.90 Å². The Labute approximate surface area is 113 Å². The molecule has 0 N–H and O–H groups in total. The first kappa shape index (κ1) is 10.5. The lowest BCUT2D eigenvalue weighted by Gasteiger charge is -2.28. The Morgan fingerprint density at radius 2 is 2.06 bits per heavy atom. The zero-order chi connectivity index (χ0) is 11.9. The predicted octanol–water partition coefficient (Wildman–Crippen LogP) is 3.32. The van der Waals surface area contributed by atoms with E-state index in [-0.39, 0.29) is 0 Å². The third-order valence-corrected chi connectivity index (χ3v) is 5.19. The van der Waals surface area contributed by atoms with Crippen molar-refractivity contribution in [3.8, 4) is 0 Å². The fraction of sp³-hybridized carbons (Fsp3) is 0.231. The smallest absolute Gasteiger partial charge is 0.141 e. The summed E-state index contributed by atoms with van der Waals surface area (Å²) < 4.78 is 0. The van der Waals surface area contributed by atoms with Gasteiger partial charge in [-0.05, 0) is 34.9 Å². The van der Waals surface area contributed by atoms with Crippen LogP contribution in [-0.2, 0) is 13.0 Å². The van der Waals surface area contributed by atoms with Gasteiger partial charge in [0.15, 0.2) is 0 Å². The summed E-state index contributed by atoms with van der Waals surface area (Å²) in [4.78, 5) is 13.8. The fourth-order valence-corrected chi connectivity index (χ4v) is 4.08. The van der Waals surface area contributed by atoms with Gasteiger partial charge in [0.2, 0.25) is 0 Å². The van der Waals surface area contributed by atoms with E-state index in [4.69, 9.17) is 0 Å². The van der Waals surface area contributed by atoms with Crippen molar-refractivity contribution >= 4 is 38.7 Å². The molecule has 90 valence electrons. The molecule has 0 unspecified atom stereocenters. The number of hydrogen-bond donors (Lipinski definition) is 0. The van der Waals surface area contributed by atoms with Crippen LogP contribution in [0.3, 0.4) is 0 Å². The quantitative estimate of drug-likeness (QED) is 0.681. The van der Waals surface area contributed by atoms with Gasteiger partial charge in [-0.2, -0.15) is 0 Å². The highest BCUT2D eigenvalue weighted by Crippen LogP contribution is 2.31. The Hall–Kier alpha value is -1.46. The van der Waals surface area contributed by atoms with Crippen LogP contribution < -0.4 is 4.90 Å². The van der Waals surface area contributed by atoms with Gasteiger partial charge in [-0.1, -0.05) is 0 Å². The summed E-state index contributed by atoms with van der Waals surface area (Å²) in [5, 5.41) is 5.46. The first-order chi connectivity index (χ1) is 8.92. The molecule has 3 aromatic heterocycles. The van der Waals surface area contributed by atoms with Crippen LogP contribution in [0.2, 0.25) is 0 Å². The van der Waals surface area contributed by atoms with Crippen LogP contribution in [0, 0.1) is 0 Å². The largest absolute Gasteiger partial charge is 0.351 e. The fourth-order valence-electron chi connectivity index (χ4n) is 2.46. The third-order valence-electron chi connectivity index (χ3n) is 3.35. The molecule has 0 spiro atoms. The van der Waals surface area contributed by atoms with Gasteiger partial charge in [0.05, 0.1) is 5.39 Å². The number of rotatable bonds is 1. The lowest BCUT2D eigenvalue weighted by atomic mass is 10.1. The van der Waals surface area contributed by atoms with Gasteiger partial charge in [-0.3, -0.25) is 0 Å².